The molecule has 1 nitrogen and oxygen atoms in total. The number of fused-ring (bicyclic) bond motifs is 6. The number of nitrogens with zero attached hydrogens (tertiary/aromatic N) is 1. The van der Waals surface area contributed by atoms with E-state index in [2.05, 4.69) is 168 Å². The van der Waals surface area contributed by atoms with Crippen molar-refractivity contribution in [2.24, 2.45) is 0 Å². The highest BCUT2D eigenvalue weighted by atomic mass is 32.1. The van der Waals surface area contributed by atoms with E-state index in [9.17, 15) is 0 Å². The van der Waals surface area contributed by atoms with Crippen LogP contribution < -0.4 is 0 Å². The van der Waals surface area contributed by atoms with E-state index in [4.69, 9.17) is 0 Å². The third-order valence-corrected chi connectivity index (χ3v) is 10.0. The molecule has 0 atom stereocenters. The van der Waals surface area contributed by atoms with Crippen LogP contribution in [0.25, 0.3) is 81.0 Å². The minimum absolute atomic E-state index is 1.18. The highest BCUT2D eigenvalue weighted by Gasteiger charge is 2.19. The molecule has 9 aromatic rings. The highest BCUT2D eigenvalue weighted by molar-refractivity contribution is 7.26. The fourth-order valence-electron chi connectivity index (χ4n) is 6.86. The van der Waals surface area contributed by atoms with E-state index >= 15 is 0 Å². The lowest BCUT2D eigenvalue weighted by Crippen LogP contribution is -1.98. The van der Waals surface area contributed by atoms with Gasteiger partial charge in [0.2, 0.25) is 0 Å². The molecule has 0 aliphatic carbocycles. The lowest BCUT2D eigenvalue weighted by atomic mass is 9.96. The van der Waals surface area contributed by atoms with Crippen molar-refractivity contribution in [3.8, 4) is 39.1 Å². The Kier molecular flexibility index (Phi) is 5.75. The Morgan fingerprint density at radius 3 is 1.86 bits per heavy atom. The van der Waals surface area contributed by atoms with Gasteiger partial charge in [0.05, 0.1) is 16.7 Å². The second-order valence-corrected chi connectivity index (χ2v) is 12.4. The van der Waals surface area contributed by atoms with Gasteiger partial charge in [0, 0.05) is 42.1 Å². The molecule has 0 radical (unpaired) electrons. The summed E-state index contributed by atoms with van der Waals surface area (Å²) in [7, 11) is 0. The highest BCUT2D eigenvalue weighted by Crippen LogP contribution is 2.43. The second-order valence-electron chi connectivity index (χ2n) is 11.3. The van der Waals surface area contributed by atoms with Gasteiger partial charge in [-0.1, -0.05) is 140 Å². The second kappa shape index (κ2) is 10.1. The predicted molar refractivity (Wildman–Crippen MR) is 190 cm³/mol. The third kappa shape index (κ3) is 3.85. The Labute approximate surface area is 259 Å². The van der Waals surface area contributed by atoms with Crippen molar-refractivity contribution in [1.29, 1.82) is 0 Å². The van der Waals surface area contributed by atoms with Crippen molar-refractivity contribution in [2.75, 3.05) is 0 Å². The van der Waals surface area contributed by atoms with E-state index in [1.807, 2.05) is 11.3 Å². The lowest BCUT2D eigenvalue weighted by Gasteiger charge is -2.16. The van der Waals surface area contributed by atoms with Crippen LogP contribution in [0.1, 0.15) is 0 Å². The monoisotopic (exact) mass is 577 g/mol. The molecular formula is C42H27NS. The molecule has 0 fully saturated rings. The maximum absolute atomic E-state index is 2.47. The lowest BCUT2D eigenvalue weighted by molar-refractivity contribution is 1.18. The van der Waals surface area contributed by atoms with Crippen LogP contribution in [0.2, 0.25) is 0 Å². The number of aromatic nitrogens is 1. The van der Waals surface area contributed by atoms with Gasteiger partial charge in [-0.3, -0.25) is 0 Å². The largest absolute Gasteiger partial charge is 0.308 e. The summed E-state index contributed by atoms with van der Waals surface area (Å²) in [6.07, 6.45) is 0. The quantitative estimate of drug-likeness (QED) is 0.196. The summed E-state index contributed by atoms with van der Waals surface area (Å²) in [4.78, 5) is 0. The molecule has 0 bridgehead atoms. The van der Waals surface area contributed by atoms with Gasteiger partial charge in [-0.15, -0.1) is 11.3 Å². The van der Waals surface area contributed by atoms with Crippen molar-refractivity contribution >= 4 is 53.3 Å². The molecular weight excluding hydrogens is 551 g/mol. The molecule has 0 saturated heterocycles. The molecule has 7 aromatic carbocycles. The summed E-state index contributed by atoms with van der Waals surface area (Å²) >= 11 is 1.88. The maximum atomic E-state index is 2.47. The van der Waals surface area contributed by atoms with Gasteiger partial charge >= 0.3 is 0 Å². The standard InChI is InChI=1S/C42H27NS/c1-2-13-28(14-3-1)32-20-11-22-36-34-18-5-8-25-39(34)43(41(32)36)38-24-7-4-17-31(38)29-15-10-16-30(27-29)33-21-12-23-37-35-19-6-9-26-40(35)44-42(33)37/h1-27H. The van der Waals surface area contributed by atoms with Crippen LogP contribution in [0, 0.1) is 0 Å². The van der Waals surface area contributed by atoms with Crippen LogP contribution in [0.3, 0.4) is 0 Å². The molecule has 9 rings (SSSR count). The molecule has 2 heterocycles. The smallest absolute Gasteiger partial charge is 0.0619 e. The molecule has 2 aromatic heterocycles. The van der Waals surface area contributed by atoms with E-state index in [1.165, 1.54) is 81.0 Å². The Balaban J connectivity index is 1.29. The average molecular weight is 578 g/mol. The Morgan fingerprint density at radius 2 is 0.977 bits per heavy atom. The summed E-state index contributed by atoms with van der Waals surface area (Å²) in [6, 6.07) is 59.6. The zero-order chi connectivity index (χ0) is 29.0. The summed E-state index contributed by atoms with van der Waals surface area (Å²) in [5.41, 5.74) is 11.0. The number of hydrogen-bond donors (Lipinski definition) is 0. The summed E-state index contributed by atoms with van der Waals surface area (Å²) < 4.78 is 5.15. The van der Waals surface area contributed by atoms with Crippen LogP contribution in [-0.4, -0.2) is 4.57 Å². The topological polar surface area (TPSA) is 4.93 Å². The fraction of sp³-hybridized carbons (Fsp3) is 0. The zero-order valence-corrected chi connectivity index (χ0v) is 24.8. The van der Waals surface area contributed by atoms with Crippen molar-refractivity contribution in [3.05, 3.63) is 164 Å². The van der Waals surface area contributed by atoms with E-state index in [-0.39, 0.29) is 0 Å². The summed E-state index contributed by atoms with van der Waals surface area (Å²) in [5, 5.41) is 5.19. The number of hydrogen-bond acceptors (Lipinski definition) is 1. The van der Waals surface area contributed by atoms with Crippen LogP contribution >= 0.6 is 11.3 Å². The fourth-order valence-corrected chi connectivity index (χ4v) is 8.10. The first-order chi connectivity index (χ1) is 21.8. The van der Waals surface area contributed by atoms with Crippen LogP contribution in [0.15, 0.2) is 164 Å². The first kappa shape index (κ1) is 25.1. The Hall–Kier alpha value is -5.44. The molecule has 0 amide bonds. The number of benzene rings is 7. The SMILES string of the molecule is c1ccc(-c2cccc3c4ccccc4n(-c4ccccc4-c4cccc(-c5cccc6c5sc5ccccc56)c4)c23)cc1. The third-order valence-electron chi connectivity index (χ3n) is 8.81. The van der Waals surface area contributed by atoms with E-state index in [0.29, 0.717) is 0 Å². The van der Waals surface area contributed by atoms with Gasteiger partial charge in [-0.05, 0) is 46.5 Å². The van der Waals surface area contributed by atoms with Gasteiger partial charge in [-0.2, -0.15) is 0 Å². The Bertz CT molecular complexity index is 2500. The van der Waals surface area contributed by atoms with Gasteiger partial charge < -0.3 is 4.57 Å². The molecule has 0 spiro atoms. The Morgan fingerprint density at radius 1 is 0.386 bits per heavy atom. The van der Waals surface area contributed by atoms with Gasteiger partial charge in [0.1, 0.15) is 0 Å². The van der Waals surface area contributed by atoms with Gasteiger partial charge in [-0.25, -0.2) is 0 Å². The minimum Gasteiger partial charge on any atom is -0.308 e. The molecule has 2 heteroatoms. The summed E-state index contributed by atoms with van der Waals surface area (Å²) in [5.74, 6) is 0. The van der Waals surface area contributed by atoms with Crippen molar-refractivity contribution < 1.29 is 0 Å². The van der Waals surface area contributed by atoms with Crippen molar-refractivity contribution in [2.45, 2.75) is 0 Å². The predicted octanol–water partition coefficient (Wildman–Crippen LogP) is 12.2. The summed E-state index contributed by atoms with van der Waals surface area (Å²) in [6.45, 7) is 0. The van der Waals surface area contributed by atoms with Gasteiger partial charge in [0.15, 0.2) is 0 Å². The molecule has 0 unspecified atom stereocenters. The minimum atomic E-state index is 1.18. The van der Waals surface area contributed by atoms with Crippen LogP contribution in [-0.2, 0) is 0 Å². The molecule has 206 valence electrons. The van der Waals surface area contributed by atoms with Crippen LogP contribution in [0.5, 0.6) is 0 Å². The van der Waals surface area contributed by atoms with Crippen molar-refractivity contribution in [1.82, 2.24) is 4.57 Å². The normalized spacial score (nSPS) is 11.6. The van der Waals surface area contributed by atoms with Gasteiger partial charge in [0.25, 0.3) is 0 Å². The average Bonchev–Trinajstić information content (AvgIpc) is 3.65. The zero-order valence-electron chi connectivity index (χ0n) is 23.9. The molecule has 0 aliphatic heterocycles. The number of para-hydroxylation sites is 3. The number of rotatable bonds is 4. The molecule has 0 N–H and O–H groups in total. The first-order valence-electron chi connectivity index (χ1n) is 15.0. The molecule has 0 saturated carbocycles. The van der Waals surface area contributed by atoms with Crippen LogP contribution in [0.4, 0.5) is 0 Å². The maximum Gasteiger partial charge on any atom is 0.0619 e. The number of thiophene rings is 1. The molecule has 44 heavy (non-hydrogen) atoms. The molecule has 0 aliphatic rings. The van der Waals surface area contributed by atoms with E-state index in [1.54, 1.807) is 0 Å². The van der Waals surface area contributed by atoms with E-state index < -0.39 is 0 Å². The van der Waals surface area contributed by atoms with Crippen molar-refractivity contribution in [3.63, 3.8) is 0 Å². The first-order valence-corrected chi connectivity index (χ1v) is 15.8. The van der Waals surface area contributed by atoms with E-state index in [0.717, 1.165) is 0 Å².